The number of anilines is 1. The van der Waals surface area contributed by atoms with Crippen LogP contribution >= 0.6 is 0 Å². The first-order valence-corrected chi connectivity index (χ1v) is 11.9. The van der Waals surface area contributed by atoms with Crippen molar-refractivity contribution in [2.45, 2.75) is 52.3 Å². The van der Waals surface area contributed by atoms with Gasteiger partial charge in [-0.05, 0) is 64.4 Å². The summed E-state index contributed by atoms with van der Waals surface area (Å²) in [6, 6.07) is 9.99. The first-order valence-electron chi connectivity index (χ1n) is 11.9. The van der Waals surface area contributed by atoms with Crippen LogP contribution in [0.2, 0.25) is 0 Å². The van der Waals surface area contributed by atoms with E-state index in [9.17, 15) is 19.5 Å². The second-order valence-electron chi connectivity index (χ2n) is 9.70. The Kier molecular flexibility index (Phi) is 10.3. The fourth-order valence-electron chi connectivity index (χ4n) is 3.82. The van der Waals surface area contributed by atoms with E-state index in [0.717, 1.165) is 11.1 Å². The van der Waals surface area contributed by atoms with Crippen molar-refractivity contribution in [3.05, 3.63) is 71.8 Å². The number of methoxy groups -OCH3 is 1. The van der Waals surface area contributed by atoms with E-state index < -0.39 is 42.2 Å². The zero-order valence-electron chi connectivity index (χ0n) is 22.3. The molecule has 2 unspecified atom stereocenters. The lowest BCUT2D eigenvalue weighted by Gasteiger charge is -2.33. The van der Waals surface area contributed by atoms with Crippen LogP contribution in [-0.4, -0.2) is 59.8 Å². The normalized spacial score (nSPS) is 12.6. The third-order valence-electron chi connectivity index (χ3n) is 5.26. The lowest BCUT2D eigenvalue weighted by molar-refractivity contribution is -0.140. The number of alkyl carbamates (subject to hydrolysis) is 1. The molecule has 0 aliphatic heterocycles. The summed E-state index contributed by atoms with van der Waals surface area (Å²) >= 11 is 0. The van der Waals surface area contributed by atoms with Gasteiger partial charge in [-0.3, -0.25) is 9.59 Å². The maximum atomic E-state index is 13.7. The number of aryl methyl sites for hydroxylation is 2. The van der Waals surface area contributed by atoms with E-state index in [1.165, 1.54) is 11.0 Å². The van der Waals surface area contributed by atoms with Crippen molar-refractivity contribution >= 4 is 23.6 Å². The topological polar surface area (TPSA) is 117 Å². The van der Waals surface area contributed by atoms with Gasteiger partial charge in [0.1, 0.15) is 23.4 Å². The molecule has 2 aromatic rings. The Hall–Kier alpha value is -3.85. The van der Waals surface area contributed by atoms with Crippen LogP contribution in [0.15, 0.2) is 55.1 Å². The van der Waals surface area contributed by atoms with Gasteiger partial charge in [0.2, 0.25) is 5.91 Å². The SMILES string of the molecule is C=CCN(C(=O)C(CO)NC(=O)OC(C)(C)C)C(C(=O)Nc1ccc(OC)cc1)c1cc(C)cc(C)c1. The smallest absolute Gasteiger partial charge is 0.408 e. The van der Waals surface area contributed by atoms with Crippen LogP contribution in [0, 0.1) is 13.8 Å². The summed E-state index contributed by atoms with van der Waals surface area (Å²) in [5.74, 6) is -0.507. The van der Waals surface area contributed by atoms with Gasteiger partial charge in [0.25, 0.3) is 5.91 Å². The number of carbonyl (C=O) groups is 3. The van der Waals surface area contributed by atoms with Gasteiger partial charge in [-0.15, -0.1) is 6.58 Å². The lowest BCUT2D eigenvalue weighted by atomic mass is 9.98. The summed E-state index contributed by atoms with van der Waals surface area (Å²) in [4.78, 5) is 40.9. The summed E-state index contributed by atoms with van der Waals surface area (Å²) in [7, 11) is 1.55. The number of carbonyl (C=O) groups excluding carboxylic acids is 3. The molecule has 0 bridgehead atoms. The Morgan fingerprint density at radius 2 is 1.68 bits per heavy atom. The first kappa shape index (κ1) is 29.4. The van der Waals surface area contributed by atoms with Crippen molar-refractivity contribution in [1.29, 1.82) is 0 Å². The molecule has 0 aliphatic rings. The van der Waals surface area contributed by atoms with Crippen LogP contribution in [0.25, 0.3) is 0 Å². The van der Waals surface area contributed by atoms with Crippen molar-refractivity contribution in [3.8, 4) is 5.75 Å². The van der Waals surface area contributed by atoms with Crippen LogP contribution in [0.4, 0.5) is 10.5 Å². The Balaban J connectivity index is 2.47. The average Bonchev–Trinajstić information content (AvgIpc) is 2.80. The van der Waals surface area contributed by atoms with Gasteiger partial charge < -0.3 is 30.1 Å². The van der Waals surface area contributed by atoms with E-state index in [0.29, 0.717) is 17.0 Å². The van der Waals surface area contributed by atoms with Gasteiger partial charge in [-0.1, -0.05) is 35.4 Å². The molecule has 0 spiro atoms. The molecule has 0 aromatic heterocycles. The monoisotopic (exact) mass is 511 g/mol. The summed E-state index contributed by atoms with van der Waals surface area (Å²) in [6.07, 6.45) is 0.625. The molecule has 0 aliphatic carbocycles. The maximum absolute atomic E-state index is 13.7. The Morgan fingerprint density at radius 3 is 2.16 bits per heavy atom. The number of hydrogen-bond acceptors (Lipinski definition) is 6. The fourth-order valence-corrected chi connectivity index (χ4v) is 3.82. The minimum atomic E-state index is -1.34. The number of nitrogens with one attached hydrogen (secondary N) is 2. The quantitative estimate of drug-likeness (QED) is 0.417. The van der Waals surface area contributed by atoms with Gasteiger partial charge in [0, 0.05) is 12.2 Å². The largest absolute Gasteiger partial charge is 0.497 e. The number of nitrogens with zero attached hydrogens (tertiary/aromatic N) is 1. The van der Waals surface area contributed by atoms with E-state index in [1.54, 1.807) is 52.1 Å². The molecular formula is C28H37N3O6. The van der Waals surface area contributed by atoms with E-state index in [4.69, 9.17) is 9.47 Å². The molecule has 2 atom stereocenters. The number of benzene rings is 2. The molecule has 200 valence electrons. The minimum absolute atomic E-state index is 0.0149. The molecule has 0 saturated heterocycles. The Bertz CT molecular complexity index is 1090. The average molecular weight is 512 g/mol. The second kappa shape index (κ2) is 12.9. The van der Waals surface area contributed by atoms with Gasteiger partial charge >= 0.3 is 6.09 Å². The molecule has 9 heteroatoms. The summed E-state index contributed by atoms with van der Waals surface area (Å²) in [5, 5.41) is 15.2. The third kappa shape index (κ3) is 8.64. The summed E-state index contributed by atoms with van der Waals surface area (Å²) < 4.78 is 10.4. The molecule has 9 nitrogen and oxygen atoms in total. The molecule has 37 heavy (non-hydrogen) atoms. The van der Waals surface area contributed by atoms with Gasteiger partial charge in [0.15, 0.2) is 0 Å². The van der Waals surface area contributed by atoms with Crippen LogP contribution in [-0.2, 0) is 14.3 Å². The van der Waals surface area contributed by atoms with E-state index in [-0.39, 0.29) is 6.54 Å². The molecule has 2 rings (SSSR count). The number of aliphatic hydroxyl groups excluding tert-OH is 1. The van der Waals surface area contributed by atoms with Crippen molar-refractivity contribution in [3.63, 3.8) is 0 Å². The number of amides is 3. The second-order valence-corrected chi connectivity index (χ2v) is 9.70. The predicted molar refractivity (Wildman–Crippen MR) is 142 cm³/mol. The predicted octanol–water partition coefficient (Wildman–Crippen LogP) is 3.89. The zero-order chi connectivity index (χ0) is 27.8. The molecule has 0 fully saturated rings. The van der Waals surface area contributed by atoms with Gasteiger partial charge in [-0.2, -0.15) is 0 Å². The minimum Gasteiger partial charge on any atom is -0.497 e. The summed E-state index contributed by atoms with van der Waals surface area (Å²) in [5.41, 5.74) is 2.11. The molecule has 2 aromatic carbocycles. The van der Waals surface area contributed by atoms with Crippen molar-refractivity contribution < 1.29 is 29.0 Å². The van der Waals surface area contributed by atoms with Crippen LogP contribution in [0.1, 0.15) is 43.5 Å². The highest BCUT2D eigenvalue weighted by Gasteiger charge is 2.36. The van der Waals surface area contributed by atoms with E-state index in [2.05, 4.69) is 17.2 Å². The van der Waals surface area contributed by atoms with Crippen molar-refractivity contribution in [2.75, 3.05) is 25.6 Å². The Morgan fingerprint density at radius 1 is 1.08 bits per heavy atom. The van der Waals surface area contributed by atoms with Crippen molar-refractivity contribution in [1.82, 2.24) is 10.2 Å². The van der Waals surface area contributed by atoms with Crippen LogP contribution in [0.3, 0.4) is 0 Å². The molecule has 0 heterocycles. The molecule has 3 N–H and O–H groups in total. The molecular weight excluding hydrogens is 474 g/mol. The molecule has 0 radical (unpaired) electrons. The first-order chi connectivity index (χ1) is 17.4. The van der Waals surface area contributed by atoms with E-state index >= 15 is 0 Å². The Labute approximate surface area is 218 Å². The van der Waals surface area contributed by atoms with Gasteiger partial charge in [0.05, 0.1) is 13.7 Å². The summed E-state index contributed by atoms with van der Waals surface area (Å²) in [6.45, 7) is 11.9. The standard InChI is InChI=1S/C28H37N3O6/c1-8-13-31(26(34)23(17-32)30-27(35)37-28(4,5)6)24(20-15-18(2)14-19(3)16-20)25(33)29-21-9-11-22(36-7)12-10-21/h8-12,14-16,23-24,32H,1,13,17H2,2-7H3,(H,29,33)(H,30,35). The third-order valence-corrected chi connectivity index (χ3v) is 5.26. The molecule has 3 amide bonds. The number of hydrogen-bond donors (Lipinski definition) is 3. The van der Waals surface area contributed by atoms with E-state index in [1.807, 2.05) is 32.0 Å². The highest BCUT2D eigenvalue weighted by molar-refractivity contribution is 5.99. The number of rotatable bonds is 10. The van der Waals surface area contributed by atoms with Crippen LogP contribution < -0.4 is 15.4 Å². The molecule has 0 saturated carbocycles. The number of ether oxygens (including phenoxy) is 2. The fraction of sp³-hybridized carbons (Fsp3) is 0.393. The maximum Gasteiger partial charge on any atom is 0.408 e. The number of aliphatic hydroxyl groups is 1. The zero-order valence-corrected chi connectivity index (χ0v) is 22.3. The van der Waals surface area contributed by atoms with Crippen LogP contribution in [0.5, 0.6) is 5.75 Å². The van der Waals surface area contributed by atoms with Crippen molar-refractivity contribution in [2.24, 2.45) is 0 Å². The van der Waals surface area contributed by atoms with Gasteiger partial charge in [-0.25, -0.2) is 4.79 Å². The highest BCUT2D eigenvalue weighted by atomic mass is 16.6. The lowest BCUT2D eigenvalue weighted by Crippen LogP contribution is -2.53. The highest BCUT2D eigenvalue weighted by Crippen LogP contribution is 2.27.